The van der Waals surface area contributed by atoms with E-state index in [4.69, 9.17) is 0 Å². The summed E-state index contributed by atoms with van der Waals surface area (Å²) < 4.78 is 0. The van der Waals surface area contributed by atoms with Gasteiger partial charge in [0, 0.05) is 43.9 Å². The van der Waals surface area contributed by atoms with E-state index in [2.05, 4.69) is 29.7 Å². The van der Waals surface area contributed by atoms with E-state index in [0.29, 0.717) is 19.5 Å². The molecule has 0 aromatic heterocycles. The Bertz CT molecular complexity index is 740. The van der Waals surface area contributed by atoms with Crippen LogP contribution < -0.4 is 10.6 Å². The number of unbranched alkanes of at least 4 members (excludes halogenated alkanes) is 11. The lowest BCUT2D eigenvalue weighted by molar-refractivity contribution is -0.137. The number of carbonyl (C=O) groups is 3. The second kappa shape index (κ2) is 21.8. The van der Waals surface area contributed by atoms with Crippen LogP contribution in [0.3, 0.4) is 0 Å². The number of carbonyl (C=O) groups excluding carboxylic acids is 3. The molecule has 4 N–H and O–H groups in total. The summed E-state index contributed by atoms with van der Waals surface area (Å²) in [6.07, 6.45) is 21.8. The van der Waals surface area contributed by atoms with E-state index in [1.165, 1.54) is 57.8 Å². The van der Waals surface area contributed by atoms with Crippen LogP contribution in [0.15, 0.2) is 12.2 Å². The lowest BCUT2D eigenvalue weighted by Gasteiger charge is -2.27. The average molecular weight is 566 g/mol. The van der Waals surface area contributed by atoms with Crippen molar-refractivity contribution in [2.75, 3.05) is 26.2 Å². The standard InChI is InChI=1S/C32H59N3O5/c1-4-5-6-7-8-9-10-11-12-13-14-15-16-17-18-21-28(37)34-25-27-20-19-24-35(27)29(38)22-23-33-31(40)30(39)32(2,3)26-36/h11-12,27,30,36,39H,4-10,13-26H2,1-3H3,(H,33,40)(H,34,37)/b12-11-/t27-,30?/m0/s1. The molecule has 1 aliphatic heterocycles. The fourth-order valence-electron chi connectivity index (χ4n) is 5.03. The summed E-state index contributed by atoms with van der Waals surface area (Å²) in [5.41, 5.74) is -0.948. The Morgan fingerprint density at radius 2 is 1.50 bits per heavy atom. The minimum Gasteiger partial charge on any atom is -0.396 e. The van der Waals surface area contributed by atoms with Crippen LogP contribution in [-0.2, 0) is 14.4 Å². The largest absolute Gasteiger partial charge is 0.396 e. The van der Waals surface area contributed by atoms with E-state index < -0.39 is 17.4 Å². The topological polar surface area (TPSA) is 119 Å². The van der Waals surface area contributed by atoms with Crippen molar-refractivity contribution in [3.63, 3.8) is 0 Å². The molecule has 232 valence electrons. The normalized spacial score (nSPS) is 16.4. The molecule has 1 unspecified atom stereocenters. The first-order valence-corrected chi connectivity index (χ1v) is 16.0. The Morgan fingerprint density at radius 3 is 2.12 bits per heavy atom. The van der Waals surface area contributed by atoms with Gasteiger partial charge in [0.2, 0.25) is 17.7 Å². The predicted molar refractivity (Wildman–Crippen MR) is 162 cm³/mol. The molecular formula is C32H59N3O5. The maximum atomic E-state index is 12.7. The highest BCUT2D eigenvalue weighted by molar-refractivity contribution is 5.82. The molecule has 2 atom stereocenters. The number of amides is 3. The Hall–Kier alpha value is -1.93. The zero-order chi connectivity index (χ0) is 29.6. The number of rotatable bonds is 23. The van der Waals surface area contributed by atoms with Gasteiger partial charge in [-0.2, -0.15) is 0 Å². The highest BCUT2D eigenvalue weighted by atomic mass is 16.3. The molecule has 1 saturated heterocycles. The summed E-state index contributed by atoms with van der Waals surface area (Å²) in [5, 5.41) is 25.0. The first-order valence-electron chi connectivity index (χ1n) is 16.0. The maximum Gasteiger partial charge on any atom is 0.249 e. The zero-order valence-corrected chi connectivity index (χ0v) is 25.7. The van der Waals surface area contributed by atoms with Gasteiger partial charge in [-0.05, 0) is 44.9 Å². The van der Waals surface area contributed by atoms with Crippen molar-refractivity contribution in [3.8, 4) is 0 Å². The molecule has 8 nitrogen and oxygen atoms in total. The molecule has 0 saturated carbocycles. The molecule has 1 heterocycles. The lowest BCUT2D eigenvalue weighted by atomic mass is 9.87. The van der Waals surface area contributed by atoms with E-state index in [9.17, 15) is 24.6 Å². The molecule has 0 spiro atoms. The highest BCUT2D eigenvalue weighted by Gasteiger charge is 2.33. The van der Waals surface area contributed by atoms with Crippen molar-refractivity contribution in [3.05, 3.63) is 12.2 Å². The van der Waals surface area contributed by atoms with E-state index in [1.807, 2.05) is 0 Å². The number of aliphatic hydroxyl groups excluding tert-OH is 2. The SMILES string of the molecule is CCCCCCCC/C=C\CCCCCCCC(=O)NC[C@@H]1CCCN1C(=O)CCNC(=O)C(O)C(C)(C)CO. The predicted octanol–water partition coefficient (Wildman–Crippen LogP) is 5.02. The molecule has 0 aliphatic carbocycles. The van der Waals surface area contributed by atoms with Crippen LogP contribution in [-0.4, -0.2) is 71.2 Å². The second-order valence-electron chi connectivity index (χ2n) is 12.1. The van der Waals surface area contributed by atoms with Gasteiger partial charge in [-0.15, -0.1) is 0 Å². The number of nitrogens with one attached hydrogen (secondary N) is 2. The van der Waals surface area contributed by atoms with Gasteiger partial charge in [-0.3, -0.25) is 14.4 Å². The Balaban J connectivity index is 2.09. The van der Waals surface area contributed by atoms with Gasteiger partial charge in [-0.1, -0.05) is 84.3 Å². The fourth-order valence-corrected chi connectivity index (χ4v) is 5.03. The van der Waals surface area contributed by atoms with Crippen LogP contribution in [0.1, 0.15) is 130 Å². The molecule has 8 heteroatoms. The molecule has 0 aromatic rings. The average Bonchev–Trinajstić information content (AvgIpc) is 3.42. The third-order valence-electron chi connectivity index (χ3n) is 7.93. The minimum absolute atomic E-state index is 0.0137. The molecule has 1 fully saturated rings. The summed E-state index contributed by atoms with van der Waals surface area (Å²) in [6.45, 7) is 6.38. The third kappa shape index (κ3) is 15.8. The molecular weight excluding hydrogens is 506 g/mol. The van der Waals surface area contributed by atoms with Crippen LogP contribution in [0.25, 0.3) is 0 Å². The Morgan fingerprint density at radius 1 is 0.900 bits per heavy atom. The van der Waals surface area contributed by atoms with Gasteiger partial charge < -0.3 is 25.7 Å². The molecule has 1 rings (SSSR count). The maximum absolute atomic E-state index is 12.7. The minimum atomic E-state index is -1.34. The van der Waals surface area contributed by atoms with E-state index in [1.54, 1.807) is 18.7 Å². The summed E-state index contributed by atoms with van der Waals surface area (Å²) >= 11 is 0. The van der Waals surface area contributed by atoms with Crippen LogP contribution in [0.2, 0.25) is 0 Å². The van der Waals surface area contributed by atoms with Gasteiger partial charge in [0.25, 0.3) is 0 Å². The Kier molecular flexibility index (Phi) is 19.6. The van der Waals surface area contributed by atoms with Crippen molar-refractivity contribution in [2.45, 2.75) is 142 Å². The van der Waals surface area contributed by atoms with Gasteiger partial charge in [0.1, 0.15) is 6.10 Å². The van der Waals surface area contributed by atoms with Crippen molar-refractivity contribution in [1.29, 1.82) is 0 Å². The van der Waals surface area contributed by atoms with E-state index >= 15 is 0 Å². The van der Waals surface area contributed by atoms with Crippen LogP contribution >= 0.6 is 0 Å². The summed E-state index contributed by atoms with van der Waals surface area (Å²) in [7, 11) is 0. The van der Waals surface area contributed by atoms with Crippen molar-refractivity contribution in [2.24, 2.45) is 5.41 Å². The van der Waals surface area contributed by atoms with E-state index in [-0.39, 0.29) is 37.4 Å². The summed E-state index contributed by atoms with van der Waals surface area (Å²) in [6, 6.07) is -0.0137. The van der Waals surface area contributed by atoms with Gasteiger partial charge in [-0.25, -0.2) is 0 Å². The smallest absolute Gasteiger partial charge is 0.249 e. The van der Waals surface area contributed by atoms with Gasteiger partial charge >= 0.3 is 0 Å². The van der Waals surface area contributed by atoms with Crippen molar-refractivity contribution in [1.82, 2.24) is 15.5 Å². The number of nitrogens with zero attached hydrogens (tertiary/aromatic N) is 1. The second-order valence-corrected chi connectivity index (χ2v) is 12.1. The number of likely N-dealkylation sites (tertiary alicyclic amines) is 1. The van der Waals surface area contributed by atoms with Gasteiger partial charge in [0.05, 0.1) is 6.61 Å². The molecule has 0 radical (unpaired) electrons. The van der Waals surface area contributed by atoms with Gasteiger partial charge in [0.15, 0.2) is 0 Å². The first-order chi connectivity index (χ1) is 19.2. The number of hydrogen-bond donors (Lipinski definition) is 4. The monoisotopic (exact) mass is 565 g/mol. The highest BCUT2D eigenvalue weighted by Crippen LogP contribution is 2.20. The summed E-state index contributed by atoms with van der Waals surface area (Å²) in [4.78, 5) is 38.9. The van der Waals surface area contributed by atoms with Crippen molar-refractivity contribution < 1.29 is 24.6 Å². The number of hydrogen-bond acceptors (Lipinski definition) is 5. The number of aliphatic hydroxyl groups is 2. The Labute approximate surface area is 243 Å². The van der Waals surface area contributed by atoms with E-state index in [0.717, 1.165) is 38.5 Å². The zero-order valence-electron chi connectivity index (χ0n) is 25.7. The van der Waals surface area contributed by atoms with Crippen molar-refractivity contribution >= 4 is 17.7 Å². The molecule has 1 aliphatic rings. The molecule has 3 amide bonds. The molecule has 40 heavy (non-hydrogen) atoms. The molecule has 0 bridgehead atoms. The fraction of sp³-hybridized carbons (Fsp3) is 0.844. The first kappa shape index (κ1) is 36.1. The van der Waals surface area contributed by atoms with Crippen LogP contribution in [0.4, 0.5) is 0 Å². The summed E-state index contributed by atoms with van der Waals surface area (Å²) in [5.74, 6) is -0.609. The third-order valence-corrected chi connectivity index (χ3v) is 7.93. The number of allylic oxidation sites excluding steroid dienone is 2. The van der Waals surface area contributed by atoms with Crippen LogP contribution in [0, 0.1) is 5.41 Å². The quantitative estimate of drug-likeness (QED) is 0.103. The lowest BCUT2D eigenvalue weighted by Crippen LogP contribution is -2.47. The van der Waals surface area contributed by atoms with Crippen LogP contribution in [0.5, 0.6) is 0 Å². The molecule has 0 aromatic carbocycles.